The molecule has 0 saturated carbocycles. The fourth-order valence-corrected chi connectivity index (χ4v) is 2.11. The first kappa shape index (κ1) is 13.6. The second kappa shape index (κ2) is 5.91. The van der Waals surface area contributed by atoms with E-state index in [2.05, 4.69) is 4.98 Å². The van der Waals surface area contributed by atoms with Crippen molar-refractivity contribution in [3.05, 3.63) is 52.7 Å². The van der Waals surface area contributed by atoms with E-state index in [9.17, 15) is 5.11 Å². The number of ether oxygens (including phenoxy) is 1. The average molecular weight is 279 g/mol. The van der Waals surface area contributed by atoms with Gasteiger partial charge in [0.15, 0.2) is 0 Å². The zero-order chi connectivity index (χ0) is 13.8. The number of hydrogen-bond donors (Lipinski definition) is 2. The summed E-state index contributed by atoms with van der Waals surface area (Å²) >= 11 is 6.03. The van der Waals surface area contributed by atoms with Crippen LogP contribution in [0.3, 0.4) is 0 Å². The van der Waals surface area contributed by atoms with Crippen molar-refractivity contribution in [3.8, 4) is 5.75 Å². The Morgan fingerprint density at radius 2 is 2.21 bits per heavy atom. The summed E-state index contributed by atoms with van der Waals surface area (Å²) in [6.45, 7) is 0. The SMILES string of the molecule is COc1ccc(C(O)Cc2cccnc2N)cc1Cl. The predicted octanol–water partition coefficient (Wildman–Crippen LogP) is 2.60. The maximum Gasteiger partial charge on any atom is 0.137 e. The van der Waals surface area contributed by atoms with Gasteiger partial charge in [0.25, 0.3) is 0 Å². The van der Waals surface area contributed by atoms with Crippen molar-refractivity contribution >= 4 is 17.4 Å². The Morgan fingerprint density at radius 1 is 1.42 bits per heavy atom. The summed E-state index contributed by atoms with van der Waals surface area (Å²) in [5.41, 5.74) is 7.28. The molecule has 0 aliphatic rings. The lowest BCUT2D eigenvalue weighted by Gasteiger charge is -2.13. The van der Waals surface area contributed by atoms with Crippen LogP contribution in [0.5, 0.6) is 5.75 Å². The van der Waals surface area contributed by atoms with Crippen molar-refractivity contribution in [3.63, 3.8) is 0 Å². The van der Waals surface area contributed by atoms with E-state index < -0.39 is 6.10 Å². The molecule has 1 atom stereocenters. The zero-order valence-corrected chi connectivity index (χ0v) is 11.3. The highest BCUT2D eigenvalue weighted by Gasteiger charge is 2.12. The Morgan fingerprint density at radius 3 is 2.84 bits per heavy atom. The summed E-state index contributed by atoms with van der Waals surface area (Å²) in [5, 5.41) is 10.7. The Hall–Kier alpha value is -1.78. The van der Waals surface area contributed by atoms with Crippen molar-refractivity contribution in [2.75, 3.05) is 12.8 Å². The van der Waals surface area contributed by atoms with Crippen molar-refractivity contribution < 1.29 is 9.84 Å². The molecule has 4 nitrogen and oxygen atoms in total. The second-order valence-electron chi connectivity index (χ2n) is 4.16. The van der Waals surface area contributed by atoms with Gasteiger partial charge in [-0.25, -0.2) is 4.98 Å². The highest BCUT2D eigenvalue weighted by atomic mass is 35.5. The third kappa shape index (κ3) is 3.16. The lowest BCUT2D eigenvalue weighted by molar-refractivity contribution is 0.178. The number of nitrogens with two attached hydrogens (primary N) is 1. The van der Waals surface area contributed by atoms with Gasteiger partial charge in [-0.3, -0.25) is 0 Å². The smallest absolute Gasteiger partial charge is 0.137 e. The molecule has 1 heterocycles. The summed E-state index contributed by atoms with van der Waals surface area (Å²) in [6.07, 6.45) is 1.33. The molecule has 19 heavy (non-hydrogen) atoms. The van der Waals surface area contributed by atoms with E-state index in [4.69, 9.17) is 22.1 Å². The number of rotatable bonds is 4. The van der Waals surface area contributed by atoms with Crippen LogP contribution in [-0.4, -0.2) is 17.2 Å². The molecule has 0 aliphatic carbocycles. The quantitative estimate of drug-likeness (QED) is 0.902. The summed E-state index contributed by atoms with van der Waals surface area (Å²) in [6, 6.07) is 8.84. The molecule has 0 fully saturated rings. The Labute approximate surface area is 116 Å². The number of aliphatic hydroxyl groups excluding tert-OH is 1. The monoisotopic (exact) mass is 278 g/mol. The molecule has 2 aromatic rings. The van der Waals surface area contributed by atoms with Crippen LogP contribution >= 0.6 is 11.6 Å². The molecule has 0 amide bonds. The van der Waals surface area contributed by atoms with Gasteiger partial charge in [0.2, 0.25) is 0 Å². The summed E-state index contributed by atoms with van der Waals surface area (Å²) in [5.74, 6) is 1.01. The van der Waals surface area contributed by atoms with Crippen molar-refractivity contribution in [1.29, 1.82) is 0 Å². The Bertz CT molecular complexity index is 575. The van der Waals surface area contributed by atoms with Gasteiger partial charge in [0.1, 0.15) is 11.6 Å². The maximum absolute atomic E-state index is 10.2. The zero-order valence-electron chi connectivity index (χ0n) is 10.5. The van der Waals surface area contributed by atoms with Crippen LogP contribution in [-0.2, 0) is 6.42 Å². The molecule has 0 radical (unpaired) electrons. The fraction of sp³-hybridized carbons (Fsp3) is 0.214. The van der Waals surface area contributed by atoms with Gasteiger partial charge in [0.05, 0.1) is 18.2 Å². The number of halogens is 1. The molecule has 0 bridgehead atoms. The standard InChI is InChI=1S/C14H15ClN2O2/c1-19-13-5-4-9(7-11(13)15)12(18)8-10-3-2-6-17-14(10)16/h2-7,12,18H,8H2,1H3,(H2,16,17). The second-order valence-corrected chi connectivity index (χ2v) is 4.57. The van der Waals surface area contributed by atoms with Gasteiger partial charge in [-0.2, -0.15) is 0 Å². The highest BCUT2D eigenvalue weighted by molar-refractivity contribution is 6.32. The van der Waals surface area contributed by atoms with E-state index in [1.807, 2.05) is 6.07 Å². The minimum atomic E-state index is -0.685. The van der Waals surface area contributed by atoms with Crippen LogP contribution in [0.2, 0.25) is 5.02 Å². The number of nitrogens with zero attached hydrogens (tertiary/aromatic N) is 1. The van der Waals surface area contributed by atoms with Gasteiger partial charge >= 0.3 is 0 Å². The van der Waals surface area contributed by atoms with Crippen LogP contribution in [0, 0.1) is 0 Å². The number of aromatic nitrogens is 1. The number of nitrogen functional groups attached to an aromatic ring is 1. The van der Waals surface area contributed by atoms with Gasteiger partial charge in [-0.1, -0.05) is 23.7 Å². The average Bonchev–Trinajstić information content (AvgIpc) is 2.41. The Kier molecular flexibility index (Phi) is 4.24. The van der Waals surface area contributed by atoms with Gasteiger partial charge in [-0.15, -0.1) is 0 Å². The predicted molar refractivity (Wildman–Crippen MR) is 75.3 cm³/mol. The first-order chi connectivity index (χ1) is 9.11. The fourth-order valence-electron chi connectivity index (χ4n) is 1.84. The molecule has 0 spiro atoms. The first-order valence-corrected chi connectivity index (χ1v) is 6.20. The lowest BCUT2D eigenvalue weighted by atomic mass is 10.0. The van der Waals surface area contributed by atoms with E-state index in [1.54, 1.807) is 37.6 Å². The van der Waals surface area contributed by atoms with Crippen molar-refractivity contribution in [2.24, 2.45) is 0 Å². The third-order valence-corrected chi connectivity index (χ3v) is 3.20. The molecular formula is C14H15ClN2O2. The largest absolute Gasteiger partial charge is 0.495 e. The molecule has 0 aliphatic heterocycles. The molecule has 5 heteroatoms. The van der Waals surface area contributed by atoms with E-state index in [1.165, 1.54) is 0 Å². The first-order valence-electron chi connectivity index (χ1n) is 5.82. The highest BCUT2D eigenvalue weighted by Crippen LogP contribution is 2.29. The third-order valence-electron chi connectivity index (χ3n) is 2.90. The van der Waals surface area contributed by atoms with Gasteiger partial charge in [0, 0.05) is 12.6 Å². The summed E-state index contributed by atoms with van der Waals surface area (Å²) in [4.78, 5) is 3.99. The normalized spacial score (nSPS) is 12.2. The molecule has 0 saturated heterocycles. The van der Waals surface area contributed by atoms with Gasteiger partial charge in [-0.05, 0) is 29.3 Å². The van der Waals surface area contributed by atoms with Crippen molar-refractivity contribution in [2.45, 2.75) is 12.5 Å². The Balaban J connectivity index is 2.18. The molecule has 3 N–H and O–H groups in total. The van der Waals surface area contributed by atoms with Crippen LogP contribution < -0.4 is 10.5 Å². The van der Waals surface area contributed by atoms with Crippen LogP contribution in [0.15, 0.2) is 36.5 Å². The van der Waals surface area contributed by atoms with E-state index in [0.717, 1.165) is 5.56 Å². The minimum Gasteiger partial charge on any atom is -0.495 e. The summed E-state index contributed by atoms with van der Waals surface area (Å²) in [7, 11) is 1.55. The van der Waals surface area contributed by atoms with Crippen LogP contribution in [0.1, 0.15) is 17.2 Å². The molecule has 1 unspecified atom stereocenters. The maximum atomic E-state index is 10.2. The number of benzene rings is 1. The number of hydrogen-bond acceptors (Lipinski definition) is 4. The molecule has 1 aromatic heterocycles. The molecular weight excluding hydrogens is 264 g/mol. The molecule has 2 rings (SSSR count). The molecule has 1 aromatic carbocycles. The van der Waals surface area contributed by atoms with E-state index in [-0.39, 0.29) is 0 Å². The number of anilines is 1. The topological polar surface area (TPSA) is 68.4 Å². The number of methoxy groups -OCH3 is 1. The lowest BCUT2D eigenvalue weighted by Crippen LogP contribution is -2.05. The van der Waals surface area contributed by atoms with E-state index >= 15 is 0 Å². The van der Waals surface area contributed by atoms with E-state index in [0.29, 0.717) is 28.6 Å². The van der Waals surface area contributed by atoms with Crippen LogP contribution in [0.4, 0.5) is 5.82 Å². The van der Waals surface area contributed by atoms with Gasteiger partial charge < -0.3 is 15.6 Å². The minimum absolute atomic E-state index is 0.391. The number of pyridine rings is 1. The number of aliphatic hydroxyl groups is 1. The summed E-state index contributed by atoms with van der Waals surface area (Å²) < 4.78 is 5.07. The van der Waals surface area contributed by atoms with Crippen LogP contribution in [0.25, 0.3) is 0 Å². The molecule has 100 valence electrons. The van der Waals surface area contributed by atoms with Crippen molar-refractivity contribution in [1.82, 2.24) is 4.98 Å².